The fourth-order valence-corrected chi connectivity index (χ4v) is 3.47. The van der Waals surface area contributed by atoms with Crippen LogP contribution < -0.4 is 0 Å². The van der Waals surface area contributed by atoms with Gasteiger partial charge >= 0.3 is 0 Å². The van der Waals surface area contributed by atoms with E-state index in [2.05, 4.69) is 48.3 Å². The number of hydrogen-bond donors (Lipinski definition) is 0. The lowest BCUT2D eigenvalue weighted by Gasteiger charge is -2.22. The molecule has 4 rings (SSSR count). The van der Waals surface area contributed by atoms with Crippen molar-refractivity contribution in [2.45, 2.75) is 45.2 Å². The van der Waals surface area contributed by atoms with Crippen molar-refractivity contribution in [3.05, 3.63) is 71.6 Å². The van der Waals surface area contributed by atoms with Gasteiger partial charge in [-0.3, -0.25) is 4.79 Å². The van der Waals surface area contributed by atoms with Gasteiger partial charge in [0.1, 0.15) is 6.04 Å². The van der Waals surface area contributed by atoms with Gasteiger partial charge in [0.2, 0.25) is 17.6 Å². The summed E-state index contributed by atoms with van der Waals surface area (Å²) in [4.78, 5) is 18.9. The third kappa shape index (κ3) is 3.63. The predicted molar refractivity (Wildman–Crippen MR) is 103 cm³/mol. The second-order valence-corrected chi connectivity index (χ2v) is 7.29. The van der Waals surface area contributed by atoms with Crippen LogP contribution in [0.25, 0.3) is 11.4 Å². The normalized spacial score (nSPS) is 17.1. The van der Waals surface area contributed by atoms with Gasteiger partial charge in [-0.15, -0.1) is 0 Å². The summed E-state index contributed by atoms with van der Waals surface area (Å²) in [7, 11) is 0. The molecule has 1 aliphatic rings. The van der Waals surface area contributed by atoms with Crippen LogP contribution in [0, 0.1) is 0 Å². The van der Waals surface area contributed by atoms with Gasteiger partial charge in [-0.1, -0.05) is 73.6 Å². The topological polar surface area (TPSA) is 59.2 Å². The zero-order valence-electron chi connectivity index (χ0n) is 15.6. The summed E-state index contributed by atoms with van der Waals surface area (Å²) in [6.45, 7) is 4.91. The first-order valence-electron chi connectivity index (χ1n) is 9.39. The van der Waals surface area contributed by atoms with Gasteiger partial charge < -0.3 is 9.42 Å². The molecule has 3 aromatic rings. The van der Waals surface area contributed by atoms with E-state index in [0.717, 1.165) is 11.1 Å². The van der Waals surface area contributed by atoms with Gasteiger partial charge in [0.25, 0.3) is 0 Å². The third-order valence-electron chi connectivity index (χ3n) is 5.09. The van der Waals surface area contributed by atoms with Crippen LogP contribution in [0.2, 0.25) is 0 Å². The number of amides is 1. The molecule has 0 saturated carbocycles. The Kier molecular flexibility index (Phi) is 4.75. The van der Waals surface area contributed by atoms with Crippen LogP contribution in [0.4, 0.5) is 0 Å². The van der Waals surface area contributed by atoms with E-state index in [0.29, 0.717) is 37.0 Å². The Morgan fingerprint density at radius 2 is 1.85 bits per heavy atom. The summed E-state index contributed by atoms with van der Waals surface area (Å²) in [6.07, 6.45) is 1.22. The number of aromatic nitrogens is 2. The van der Waals surface area contributed by atoms with Gasteiger partial charge in [-0.05, 0) is 23.5 Å². The molecule has 0 N–H and O–H groups in total. The van der Waals surface area contributed by atoms with Crippen LogP contribution in [-0.2, 0) is 11.3 Å². The smallest absolute Gasteiger partial charge is 0.249 e. The van der Waals surface area contributed by atoms with Gasteiger partial charge in [-0.2, -0.15) is 4.98 Å². The van der Waals surface area contributed by atoms with E-state index in [1.54, 1.807) is 0 Å². The number of rotatable bonds is 5. The summed E-state index contributed by atoms with van der Waals surface area (Å²) in [5.74, 6) is 1.70. The minimum Gasteiger partial charge on any atom is -0.337 e. The highest BCUT2D eigenvalue weighted by Crippen LogP contribution is 2.34. The van der Waals surface area contributed by atoms with E-state index in [1.807, 2.05) is 35.2 Å². The lowest BCUT2D eigenvalue weighted by molar-refractivity contribution is -0.129. The molecule has 1 aliphatic heterocycles. The summed E-state index contributed by atoms with van der Waals surface area (Å²) in [5, 5.41) is 4.10. The lowest BCUT2D eigenvalue weighted by atomic mass is 10.0. The first-order chi connectivity index (χ1) is 13.1. The van der Waals surface area contributed by atoms with Crippen molar-refractivity contribution < 1.29 is 9.32 Å². The largest absolute Gasteiger partial charge is 0.337 e. The SMILES string of the molecule is CC(C)c1ccc(CN2C(=O)CCC2c2nc(-c3ccccc3)no2)cc1. The second kappa shape index (κ2) is 7.35. The quantitative estimate of drug-likeness (QED) is 0.659. The van der Waals surface area contributed by atoms with Crippen molar-refractivity contribution in [3.63, 3.8) is 0 Å². The highest BCUT2D eigenvalue weighted by Gasteiger charge is 2.36. The van der Waals surface area contributed by atoms with E-state index in [1.165, 1.54) is 5.56 Å². The standard InChI is InChI=1S/C22H23N3O2/c1-15(2)17-10-8-16(9-11-17)14-25-19(12-13-20(25)26)22-23-21(24-27-22)18-6-4-3-5-7-18/h3-11,15,19H,12-14H2,1-2H3. The molecule has 138 valence electrons. The van der Waals surface area contributed by atoms with Crippen LogP contribution in [0.3, 0.4) is 0 Å². The Morgan fingerprint density at radius 1 is 1.11 bits per heavy atom. The zero-order chi connectivity index (χ0) is 18.8. The van der Waals surface area contributed by atoms with Crippen molar-refractivity contribution in [3.8, 4) is 11.4 Å². The minimum absolute atomic E-state index is 0.132. The molecule has 1 unspecified atom stereocenters. The molecule has 1 atom stereocenters. The van der Waals surface area contributed by atoms with Gasteiger partial charge in [-0.25, -0.2) is 0 Å². The van der Waals surface area contributed by atoms with Crippen LogP contribution in [0.1, 0.15) is 55.7 Å². The molecule has 2 aromatic carbocycles. The van der Waals surface area contributed by atoms with E-state index < -0.39 is 0 Å². The van der Waals surface area contributed by atoms with E-state index in [-0.39, 0.29) is 11.9 Å². The summed E-state index contributed by atoms with van der Waals surface area (Å²) in [5.41, 5.74) is 3.32. The molecule has 1 aromatic heterocycles. The summed E-state index contributed by atoms with van der Waals surface area (Å²) >= 11 is 0. The highest BCUT2D eigenvalue weighted by molar-refractivity contribution is 5.78. The number of carbonyl (C=O) groups is 1. The van der Waals surface area contributed by atoms with Crippen LogP contribution in [0.5, 0.6) is 0 Å². The Labute approximate surface area is 159 Å². The predicted octanol–water partition coefficient (Wildman–Crippen LogP) is 4.72. The number of carbonyl (C=O) groups excluding carboxylic acids is 1. The maximum Gasteiger partial charge on any atom is 0.249 e. The molecule has 0 bridgehead atoms. The monoisotopic (exact) mass is 361 g/mol. The molecule has 2 heterocycles. The highest BCUT2D eigenvalue weighted by atomic mass is 16.5. The van der Waals surface area contributed by atoms with Crippen LogP contribution in [0.15, 0.2) is 59.1 Å². The molecular weight excluding hydrogens is 338 g/mol. The molecular formula is C22H23N3O2. The van der Waals surface area contributed by atoms with Crippen molar-refractivity contribution in [2.75, 3.05) is 0 Å². The van der Waals surface area contributed by atoms with Crippen molar-refractivity contribution >= 4 is 5.91 Å². The summed E-state index contributed by atoms with van der Waals surface area (Å²) in [6, 6.07) is 18.0. The van der Waals surface area contributed by atoms with Crippen LogP contribution in [-0.4, -0.2) is 20.9 Å². The molecule has 0 radical (unpaired) electrons. The van der Waals surface area contributed by atoms with Crippen molar-refractivity contribution in [1.29, 1.82) is 0 Å². The molecule has 1 amide bonds. The van der Waals surface area contributed by atoms with Gasteiger partial charge in [0.05, 0.1) is 0 Å². The van der Waals surface area contributed by atoms with Crippen LogP contribution >= 0.6 is 0 Å². The molecule has 0 aliphatic carbocycles. The lowest BCUT2D eigenvalue weighted by Crippen LogP contribution is -2.27. The van der Waals surface area contributed by atoms with Crippen molar-refractivity contribution in [2.24, 2.45) is 0 Å². The second-order valence-electron chi connectivity index (χ2n) is 7.29. The summed E-state index contributed by atoms with van der Waals surface area (Å²) < 4.78 is 5.51. The first-order valence-corrected chi connectivity index (χ1v) is 9.39. The fourth-order valence-electron chi connectivity index (χ4n) is 3.47. The molecule has 0 spiro atoms. The number of hydrogen-bond acceptors (Lipinski definition) is 4. The number of benzene rings is 2. The van der Waals surface area contributed by atoms with Gasteiger partial charge in [0, 0.05) is 18.5 Å². The van der Waals surface area contributed by atoms with E-state index in [4.69, 9.17) is 4.52 Å². The molecule has 5 heteroatoms. The maximum absolute atomic E-state index is 12.5. The van der Waals surface area contributed by atoms with E-state index >= 15 is 0 Å². The minimum atomic E-state index is -0.160. The zero-order valence-corrected chi connectivity index (χ0v) is 15.6. The molecule has 27 heavy (non-hydrogen) atoms. The average Bonchev–Trinajstić information content (AvgIpc) is 3.31. The van der Waals surface area contributed by atoms with E-state index in [9.17, 15) is 4.79 Å². The molecule has 1 fully saturated rings. The Balaban J connectivity index is 1.54. The Hall–Kier alpha value is -2.95. The Bertz CT molecular complexity index is 916. The third-order valence-corrected chi connectivity index (χ3v) is 5.09. The average molecular weight is 361 g/mol. The fraction of sp³-hybridized carbons (Fsp3) is 0.318. The van der Waals surface area contributed by atoms with Crippen molar-refractivity contribution in [1.82, 2.24) is 15.0 Å². The Morgan fingerprint density at radius 3 is 2.56 bits per heavy atom. The number of nitrogens with zero attached hydrogens (tertiary/aromatic N) is 3. The first kappa shape index (κ1) is 17.5. The molecule has 1 saturated heterocycles. The van der Waals surface area contributed by atoms with Gasteiger partial charge in [0.15, 0.2) is 0 Å². The number of likely N-dealkylation sites (tertiary alicyclic amines) is 1. The molecule has 5 nitrogen and oxygen atoms in total. The maximum atomic E-state index is 12.5.